The number of likely N-dealkylation sites (tertiary alicyclic amines) is 1. The van der Waals surface area contributed by atoms with Gasteiger partial charge in [0.25, 0.3) is 0 Å². The number of carbonyl (C=O) groups is 1. The molecule has 1 saturated heterocycles. The Bertz CT molecular complexity index is 468. The lowest BCUT2D eigenvalue weighted by molar-refractivity contribution is -0.134. The van der Waals surface area contributed by atoms with Gasteiger partial charge in [0, 0.05) is 12.6 Å². The van der Waals surface area contributed by atoms with Crippen molar-refractivity contribution in [3.05, 3.63) is 34.9 Å². The number of piperidine rings is 1. The molecule has 3 heteroatoms. The Morgan fingerprint density at radius 2 is 2.15 bits per heavy atom. The normalized spacial score (nSPS) is 19.1. The lowest BCUT2D eigenvalue weighted by Gasteiger charge is -2.36. The van der Waals surface area contributed by atoms with Gasteiger partial charge in [0.1, 0.15) is 0 Å². The van der Waals surface area contributed by atoms with E-state index in [0.717, 1.165) is 31.4 Å². The zero-order valence-electron chi connectivity index (χ0n) is 12.7. The van der Waals surface area contributed by atoms with Crippen LogP contribution in [0, 0.1) is 13.8 Å². The predicted octanol–water partition coefficient (Wildman–Crippen LogP) is 2.58. The van der Waals surface area contributed by atoms with E-state index in [9.17, 15) is 4.79 Å². The standard InChI is InChI=1S/C17H26N2O/c1-13-6-7-14(2)15(11-13)12-17(20)19-10-4-3-5-16(19)8-9-18/h6-7,11,16H,3-5,8-10,12,18H2,1-2H3. The molecule has 20 heavy (non-hydrogen) atoms. The quantitative estimate of drug-likeness (QED) is 0.917. The fourth-order valence-corrected chi connectivity index (χ4v) is 3.08. The molecule has 0 saturated carbocycles. The first-order valence-corrected chi connectivity index (χ1v) is 7.67. The summed E-state index contributed by atoms with van der Waals surface area (Å²) < 4.78 is 0. The molecule has 1 aliphatic heterocycles. The third kappa shape index (κ3) is 3.60. The van der Waals surface area contributed by atoms with Gasteiger partial charge in [-0.25, -0.2) is 0 Å². The first-order valence-electron chi connectivity index (χ1n) is 7.67. The van der Waals surface area contributed by atoms with E-state index >= 15 is 0 Å². The van der Waals surface area contributed by atoms with Gasteiger partial charge in [0.15, 0.2) is 0 Å². The number of hydrogen-bond acceptors (Lipinski definition) is 2. The average Bonchev–Trinajstić information content (AvgIpc) is 2.44. The molecule has 1 aliphatic rings. The maximum atomic E-state index is 12.6. The SMILES string of the molecule is Cc1ccc(C)c(CC(=O)N2CCCCC2CCN)c1. The van der Waals surface area contributed by atoms with E-state index < -0.39 is 0 Å². The Kier molecular flexibility index (Phi) is 5.18. The minimum absolute atomic E-state index is 0.261. The number of carbonyl (C=O) groups excluding carboxylic acids is 1. The van der Waals surface area contributed by atoms with E-state index in [2.05, 4.69) is 36.9 Å². The second-order valence-electron chi connectivity index (χ2n) is 5.92. The number of hydrogen-bond donors (Lipinski definition) is 1. The van der Waals surface area contributed by atoms with Gasteiger partial charge in [0.2, 0.25) is 5.91 Å². The molecule has 1 heterocycles. The summed E-state index contributed by atoms with van der Waals surface area (Å²) in [7, 11) is 0. The van der Waals surface area contributed by atoms with Crippen molar-refractivity contribution in [3.8, 4) is 0 Å². The number of nitrogens with zero attached hydrogens (tertiary/aromatic N) is 1. The van der Waals surface area contributed by atoms with E-state index in [1.807, 2.05) is 0 Å². The summed E-state index contributed by atoms with van der Waals surface area (Å²) in [6.45, 7) is 5.72. The van der Waals surface area contributed by atoms with E-state index in [1.165, 1.54) is 17.5 Å². The van der Waals surface area contributed by atoms with Crippen molar-refractivity contribution in [3.63, 3.8) is 0 Å². The molecule has 1 amide bonds. The summed E-state index contributed by atoms with van der Waals surface area (Å²) in [5.74, 6) is 0.261. The fourth-order valence-electron chi connectivity index (χ4n) is 3.08. The van der Waals surface area contributed by atoms with Crippen LogP contribution in [0.4, 0.5) is 0 Å². The van der Waals surface area contributed by atoms with Crippen molar-refractivity contribution in [2.45, 2.75) is 52.0 Å². The predicted molar refractivity (Wildman–Crippen MR) is 82.6 cm³/mol. The van der Waals surface area contributed by atoms with Crippen molar-refractivity contribution in [1.29, 1.82) is 0 Å². The molecule has 1 fully saturated rings. The Morgan fingerprint density at radius 1 is 1.35 bits per heavy atom. The summed E-state index contributed by atoms with van der Waals surface area (Å²) >= 11 is 0. The first-order chi connectivity index (χ1) is 9.61. The molecule has 0 spiro atoms. The van der Waals surface area contributed by atoms with Gasteiger partial charge < -0.3 is 10.6 Å². The number of aryl methyl sites for hydroxylation is 2. The molecule has 110 valence electrons. The van der Waals surface area contributed by atoms with E-state index in [0.29, 0.717) is 19.0 Å². The Hall–Kier alpha value is -1.35. The highest BCUT2D eigenvalue weighted by Crippen LogP contribution is 2.21. The molecule has 2 N–H and O–H groups in total. The summed E-state index contributed by atoms with van der Waals surface area (Å²) in [5.41, 5.74) is 9.26. The van der Waals surface area contributed by atoms with Gasteiger partial charge >= 0.3 is 0 Å². The van der Waals surface area contributed by atoms with Crippen LogP contribution in [0.15, 0.2) is 18.2 Å². The van der Waals surface area contributed by atoms with Gasteiger partial charge in [-0.15, -0.1) is 0 Å². The van der Waals surface area contributed by atoms with Crippen LogP contribution >= 0.6 is 0 Å². The maximum Gasteiger partial charge on any atom is 0.227 e. The van der Waals surface area contributed by atoms with Crippen molar-refractivity contribution in [1.82, 2.24) is 4.90 Å². The van der Waals surface area contributed by atoms with Crippen LogP contribution in [0.3, 0.4) is 0 Å². The summed E-state index contributed by atoms with van der Waals surface area (Å²) in [6.07, 6.45) is 4.90. The third-order valence-electron chi connectivity index (χ3n) is 4.29. The van der Waals surface area contributed by atoms with Gasteiger partial charge in [-0.3, -0.25) is 4.79 Å². The molecule has 0 aromatic heterocycles. The zero-order chi connectivity index (χ0) is 14.5. The smallest absolute Gasteiger partial charge is 0.227 e. The molecule has 2 rings (SSSR count). The van der Waals surface area contributed by atoms with Gasteiger partial charge in [-0.2, -0.15) is 0 Å². The molecule has 0 bridgehead atoms. The molecule has 1 unspecified atom stereocenters. The highest BCUT2D eigenvalue weighted by atomic mass is 16.2. The van der Waals surface area contributed by atoms with Crippen LogP contribution in [0.2, 0.25) is 0 Å². The van der Waals surface area contributed by atoms with Gasteiger partial charge in [0.05, 0.1) is 6.42 Å². The van der Waals surface area contributed by atoms with Crippen molar-refractivity contribution < 1.29 is 4.79 Å². The Morgan fingerprint density at radius 3 is 2.90 bits per heavy atom. The molecular weight excluding hydrogens is 248 g/mol. The molecule has 1 aromatic rings. The summed E-state index contributed by atoms with van der Waals surface area (Å²) in [6, 6.07) is 6.69. The number of rotatable bonds is 4. The van der Waals surface area contributed by atoms with Crippen LogP contribution < -0.4 is 5.73 Å². The second-order valence-corrected chi connectivity index (χ2v) is 5.92. The summed E-state index contributed by atoms with van der Waals surface area (Å²) in [4.78, 5) is 14.7. The largest absolute Gasteiger partial charge is 0.339 e. The lowest BCUT2D eigenvalue weighted by atomic mass is 9.97. The maximum absolute atomic E-state index is 12.6. The number of amides is 1. The lowest BCUT2D eigenvalue weighted by Crippen LogP contribution is -2.45. The Balaban J connectivity index is 2.07. The second kappa shape index (κ2) is 6.89. The van der Waals surface area contributed by atoms with E-state index in [4.69, 9.17) is 5.73 Å². The van der Waals surface area contributed by atoms with Gasteiger partial charge in [-0.05, 0) is 57.2 Å². The van der Waals surface area contributed by atoms with Crippen LogP contribution in [-0.2, 0) is 11.2 Å². The van der Waals surface area contributed by atoms with Crippen molar-refractivity contribution in [2.24, 2.45) is 5.73 Å². The van der Waals surface area contributed by atoms with Crippen molar-refractivity contribution in [2.75, 3.05) is 13.1 Å². The van der Waals surface area contributed by atoms with E-state index in [-0.39, 0.29) is 5.91 Å². The summed E-state index contributed by atoms with van der Waals surface area (Å²) in [5, 5.41) is 0. The molecule has 0 radical (unpaired) electrons. The van der Waals surface area contributed by atoms with Gasteiger partial charge in [-0.1, -0.05) is 23.8 Å². The topological polar surface area (TPSA) is 46.3 Å². The van der Waals surface area contributed by atoms with Crippen LogP contribution in [0.5, 0.6) is 0 Å². The van der Waals surface area contributed by atoms with Crippen LogP contribution in [-0.4, -0.2) is 29.9 Å². The highest BCUT2D eigenvalue weighted by molar-refractivity contribution is 5.79. The fraction of sp³-hybridized carbons (Fsp3) is 0.588. The first kappa shape index (κ1) is 15.0. The number of nitrogens with two attached hydrogens (primary N) is 1. The molecule has 0 aliphatic carbocycles. The monoisotopic (exact) mass is 274 g/mol. The zero-order valence-corrected chi connectivity index (χ0v) is 12.7. The van der Waals surface area contributed by atoms with E-state index in [1.54, 1.807) is 0 Å². The molecule has 3 nitrogen and oxygen atoms in total. The average molecular weight is 274 g/mol. The third-order valence-corrected chi connectivity index (χ3v) is 4.29. The molecular formula is C17H26N2O. The van der Waals surface area contributed by atoms with Crippen molar-refractivity contribution >= 4 is 5.91 Å². The minimum Gasteiger partial charge on any atom is -0.339 e. The molecule has 1 aromatic carbocycles. The Labute approximate surface area is 122 Å². The number of benzene rings is 1. The van der Waals surface area contributed by atoms with Crippen LogP contribution in [0.25, 0.3) is 0 Å². The van der Waals surface area contributed by atoms with Crippen LogP contribution in [0.1, 0.15) is 42.4 Å². The minimum atomic E-state index is 0.261. The molecule has 1 atom stereocenters. The highest BCUT2D eigenvalue weighted by Gasteiger charge is 2.26.